The Bertz CT molecular complexity index is 446. The van der Waals surface area contributed by atoms with Gasteiger partial charge in [0.15, 0.2) is 0 Å². The molecule has 1 saturated carbocycles. The monoisotopic (exact) mass is 245 g/mol. The Balaban J connectivity index is 1.74. The minimum atomic E-state index is 0.156. The second-order valence-electron chi connectivity index (χ2n) is 5.39. The molecule has 2 fully saturated rings. The number of methoxy groups -OCH3 is 1. The highest BCUT2D eigenvalue weighted by Crippen LogP contribution is 2.38. The summed E-state index contributed by atoms with van der Waals surface area (Å²) in [4.78, 5) is 14.4. The zero-order chi connectivity index (χ0) is 12.5. The van der Waals surface area contributed by atoms with E-state index in [1.165, 1.54) is 19.3 Å². The van der Waals surface area contributed by atoms with Crippen LogP contribution in [0.15, 0.2) is 24.3 Å². The Morgan fingerprint density at radius 3 is 2.67 bits per heavy atom. The fraction of sp³-hybridized carbons (Fsp3) is 0.533. The smallest absolute Gasteiger partial charge is 0.254 e. The van der Waals surface area contributed by atoms with Crippen LogP contribution in [0.4, 0.5) is 0 Å². The van der Waals surface area contributed by atoms with Crippen molar-refractivity contribution in [1.82, 2.24) is 4.90 Å². The fourth-order valence-corrected chi connectivity index (χ4v) is 3.34. The number of likely N-dealkylation sites (tertiary alicyclic amines) is 1. The summed E-state index contributed by atoms with van der Waals surface area (Å²) in [6.45, 7) is 1.89. The maximum Gasteiger partial charge on any atom is 0.254 e. The quantitative estimate of drug-likeness (QED) is 0.801. The second kappa shape index (κ2) is 4.63. The predicted octanol–water partition coefficient (Wildman–Crippen LogP) is 2.57. The van der Waals surface area contributed by atoms with Gasteiger partial charge < -0.3 is 9.64 Å². The van der Waals surface area contributed by atoms with Crippen LogP contribution in [0.2, 0.25) is 0 Å². The summed E-state index contributed by atoms with van der Waals surface area (Å²) < 4.78 is 5.17. The molecule has 2 aliphatic rings. The van der Waals surface area contributed by atoms with Crippen molar-refractivity contribution in [2.75, 3.05) is 20.2 Å². The molecule has 0 bridgehead atoms. The summed E-state index contributed by atoms with van der Waals surface area (Å²) in [6, 6.07) is 7.45. The Hall–Kier alpha value is -1.51. The zero-order valence-electron chi connectivity index (χ0n) is 10.8. The van der Waals surface area contributed by atoms with E-state index < -0.39 is 0 Å². The van der Waals surface area contributed by atoms with E-state index in [1.807, 2.05) is 29.2 Å². The van der Waals surface area contributed by atoms with Gasteiger partial charge in [0.2, 0.25) is 0 Å². The maximum absolute atomic E-state index is 12.4. The SMILES string of the molecule is COc1cccc(C(=O)N2CC3CCCC3C2)c1. The minimum Gasteiger partial charge on any atom is -0.497 e. The number of benzene rings is 1. The first-order valence-corrected chi connectivity index (χ1v) is 6.71. The third-order valence-corrected chi connectivity index (χ3v) is 4.33. The second-order valence-corrected chi connectivity index (χ2v) is 5.39. The minimum absolute atomic E-state index is 0.156. The van der Waals surface area contributed by atoms with Crippen LogP contribution in [-0.4, -0.2) is 31.0 Å². The number of hydrogen-bond donors (Lipinski definition) is 0. The third kappa shape index (κ3) is 1.98. The van der Waals surface area contributed by atoms with E-state index in [1.54, 1.807) is 7.11 Å². The first-order valence-electron chi connectivity index (χ1n) is 6.71. The summed E-state index contributed by atoms with van der Waals surface area (Å²) in [7, 11) is 1.63. The molecule has 1 heterocycles. The Morgan fingerprint density at radius 2 is 2.00 bits per heavy atom. The van der Waals surface area contributed by atoms with Gasteiger partial charge in [0.05, 0.1) is 7.11 Å². The van der Waals surface area contributed by atoms with Gasteiger partial charge in [-0.25, -0.2) is 0 Å². The average Bonchev–Trinajstić information content (AvgIpc) is 2.98. The van der Waals surface area contributed by atoms with E-state index >= 15 is 0 Å². The molecular formula is C15H19NO2. The molecule has 18 heavy (non-hydrogen) atoms. The number of nitrogens with zero attached hydrogens (tertiary/aromatic N) is 1. The van der Waals surface area contributed by atoms with Crippen LogP contribution in [0.3, 0.4) is 0 Å². The molecule has 0 spiro atoms. The topological polar surface area (TPSA) is 29.5 Å². The van der Waals surface area contributed by atoms with Crippen LogP contribution in [0.5, 0.6) is 5.75 Å². The molecule has 1 amide bonds. The Morgan fingerprint density at radius 1 is 1.28 bits per heavy atom. The molecule has 1 aliphatic heterocycles. The summed E-state index contributed by atoms with van der Waals surface area (Å²) >= 11 is 0. The van der Waals surface area contributed by atoms with Crippen molar-refractivity contribution in [1.29, 1.82) is 0 Å². The van der Waals surface area contributed by atoms with Gasteiger partial charge in [0, 0.05) is 18.7 Å². The highest BCUT2D eigenvalue weighted by atomic mass is 16.5. The molecule has 2 unspecified atom stereocenters. The summed E-state index contributed by atoms with van der Waals surface area (Å²) in [5, 5.41) is 0. The van der Waals surface area contributed by atoms with Gasteiger partial charge >= 0.3 is 0 Å². The van der Waals surface area contributed by atoms with Crippen LogP contribution in [0.1, 0.15) is 29.6 Å². The molecule has 3 nitrogen and oxygen atoms in total. The van der Waals surface area contributed by atoms with E-state index in [4.69, 9.17) is 4.74 Å². The van der Waals surface area contributed by atoms with Crippen molar-refractivity contribution in [3.05, 3.63) is 29.8 Å². The largest absolute Gasteiger partial charge is 0.497 e. The molecule has 2 atom stereocenters. The fourth-order valence-electron chi connectivity index (χ4n) is 3.34. The van der Waals surface area contributed by atoms with Crippen LogP contribution in [0, 0.1) is 11.8 Å². The molecule has 1 saturated heterocycles. The number of carbonyl (C=O) groups excluding carboxylic acids is 1. The van der Waals surface area contributed by atoms with Crippen molar-refractivity contribution in [3.8, 4) is 5.75 Å². The van der Waals surface area contributed by atoms with E-state index in [0.717, 1.165) is 36.2 Å². The lowest BCUT2D eigenvalue weighted by atomic mass is 10.0. The van der Waals surface area contributed by atoms with Crippen LogP contribution < -0.4 is 4.74 Å². The molecular weight excluding hydrogens is 226 g/mol. The molecule has 3 heteroatoms. The summed E-state index contributed by atoms with van der Waals surface area (Å²) in [5.74, 6) is 2.41. The molecule has 96 valence electrons. The van der Waals surface area contributed by atoms with Crippen molar-refractivity contribution in [3.63, 3.8) is 0 Å². The highest BCUT2D eigenvalue weighted by molar-refractivity contribution is 5.94. The van der Waals surface area contributed by atoms with Gasteiger partial charge in [-0.2, -0.15) is 0 Å². The van der Waals surface area contributed by atoms with Crippen molar-refractivity contribution in [2.45, 2.75) is 19.3 Å². The van der Waals surface area contributed by atoms with Crippen LogP contribution >= 0.6 is 0 Å². The van der Waals surface area contributed by atoms with E-state index in [9.17, 15) is 4.79 Å². The molecule has 1 aliphatic carbocycles. The lowest BCUT2D eigenvalue weighted by Crippen LogP contribution is -2.29. The van der Waals surface area contributed by atoms with E-state index in [2.05, 4.69) is 0 Å². The molecule has 1 aromatic rings. The molecule has 0 aromatic heterocycles. The van der Waals surface area contributed by atoms with Gasteiger partial charge in [0.1, 0.15) is 5.75 Å². The predicted molar refractivity (Wildman–Crippen MR) is 69.7 cm³/mol. The van der Waals surface area contributed by atoms with Gasteiger partial charge in [-0.1, -0.05) is 12.5 Å². The number of amides is 1. The Kier molecular flexibility index (Phi) is 2.98. The normalized spacial score (nSPS) is 26.2. The number of rotatable bonds is 2. The molecule has 0 N–H and O–H groups in total. The third-order valence-electron chi connectivity index (χ3n) is 4.33. The average molecular weight is 245 g/mol. The summed E-state index contributed by atoms with van der Waals surface area (Å²) in [5.41, 5.74) is 0.745. The number of fused-ring (bicyclic) bond motifs is 1. The lowest BCUT2D eigenvalue weighted by Gasteiger charge is -2.17. The van der Waals surface area contributed by atoms with Crippen molar-refractivity contribution >= 4 is 5.91 Å². The maximum atomic E-state index is 12.4. The highest BCUT2D eigenvalue weighted by Gasteiger charge is 2.38. The van der Waals surface area contributed by atoms with Gasteiger partial charge in [-0.3, -0.25) is 4.79 Å². The number of ether oxygens (including phenoxy) is 1. The molecule has 1 aromatic carbocycles. The lowest BCUT2D eigenvalue weighted by molar-refractivity contribution is 0.0780. The zero-order valence-corrected chi connectivity index (χ0v) is 10.8. The molecule has 3 rings (SSSR count). The first kappa shape index (κ1) is 11.6. The van der Waals surface area contributed by atoms with Crippen LogP contribution in [0.25, 0.3) is 0 Å². The van der Waals surface area contributed by atoms with Gasteiger partial charge in [-0.15, -0.1) is 0 Å². The number of carbonyl (C=O) groups is 1. The van der Waals surface area contributed by atoms with Crippen molar-refractivity contribution < 1.29 is 9.53 Å². The van der Waals surface area contributed by atoms with Crippen LogP contribution in [-0.2, 0) is 0 Å². The van der Waals surface area contributed by atoms with Gasteiger partial charge in [0.25, 0.3) is 5.91 Å². The Labute approximate surface area is 108 Å². The number of hydrogen-bond acceptors (Lipinski definition) is 2. The standard InChI is InChI=1S/C15H19NO2/c1-18-14-7-3-4-11(8-14)15(17)16-9-12-5-2-6-13(12)10-16/h3-4,7-8,12-13H,2,5-6,9-10H2,1H3. The van der Waals surface area contributed by atoms with Crippen molar-refractivity contribution in [2.24, 2.45) is 11.8 Å². The first-order chi connectivity index (χ1) is 8.78. The van der Waals surface area contributed by atoms with E-state index in [0.29, 0.717) is 0 Å². The molecule has 0 radical (unpaired) electrons. The van der Waals surface area contributed by atoms with E-state index in [-0.39, 0.29) is 5.91 Å². The summed E-state index contributed by atoms with van der Waals surface area (Å²) in [6.07, 6.45) is 3.94. The van der Waals surface area contributed by atoms with Gasteiger partial charge in [-0.05, 0) is 42.9 Å².